The van der Waals surface area contributed by atoms with E-state index in [0.717, 1.165) is 0 Å². The number of anilines is 2. The van der Waals surface area contributed by atoms with Gasteiger partial charge in [0.05, 0.1) is 21.8 Å². The molecule has 0 spiro atoms. The predicted octanol–water partition coefficient (Wildman–Crippen LogP) is 5.62. The molecule has 3 N–H and O–H groups in total. The molecule has 0 atom stereocenters. The maximum Gasteiger partial charge on any atom is 0.257 e. The average Bonchev–Trinajstić information content (AvgIpc) is 2.75. The lowest BCUT2D eigenvalue weighted by atomic mass is 10.1. The summed E-state index contributed by atoms with van der Waals surface area (Å²) in [5.41, 5.74) is 1.96. The summed E-state index contributed by atoms with van der Waals surface area (Å²) < 4.78 is 6.33. The number of rotatable bonds is 6. The van der Waals surface area contributed by atoms with Crippen LogP contribution >= 0.6 is 28.1 Å². The zero-order valence-corrected chi connectivity index (χ0v) is 19.9. The Labute approximate surface area is 200 Å². The molecule has 8 heteroatoms. The molecule has 0 radical (unpaired) electrons. The molecular weight excluding hydrogens is 490 g/mol. The van der Waals surface area contributed by atoms with E-state index in [2.05, 4.69) is 31.9 Å². The molecule has 0 aliphatic carbocycles. The maximum absolute atomic E-state index is 12.7. The molecule has 3 aromatic carbocycles. The van der Waals surface area contributed by atoms with Crippen LogP contribution in [-0.2, 0) is 0 Å². The van der Waals surface area contributed by atoms with Gasteiger partial charge in [0.2, 0.25) is 0 Å². The fourth-order valence-corrected chi connectivity index (χ4v) is 3.51. The topological polar surface area (TPSA) is 79.5 Å². The van der Waals surface area contributed by atoms with Crippen molar-refractivity contribution in [1.82, 2.24) is 5.32 Å². The number of para-hydroxylation sites is 2. The SMILES string of the molecule is CC(C)Oc1ccc(C(=O)NC(=S)Nc2ccccc2C(=O)Nc2ccccc2)cc1Br. The molecule has 0 saturated heterocycles. The summed E-state index contributed by atoms with van der Waals surface area (Å²) in [7, 11) is 0. The Balaban J connectivity index is 1.67. The van der Waals surface area contributed by atoms with Crippen LogP contribution in [0.4, 0.5) is 11.4 Å². The minimum Gasteiger partial charge on any atom is -0.490 e. The summed E-state index contributed by atoms with van der Waals surface area (Å²) >= 11 is 8.71. The predicted molar refractivity (Wildman–Crippen MR) is 134 cm³/mol. The van der Waals surface area contributed by atoms with Gasteiger partial charge in [0.1, 0.15) is 5.75 Å². The first-order chi connectivity index (χ1) is 15.3. The molecule has 0 aliphatic rings. The Bertz CT molecular complexity index is 1140. The highest BCUT2D eigenvalue weighted by molar-refractivity contribution is 9.10. The lowest BCUT2D eigenvalue weighted by Crippen LogP contribution is -2.34. The Hall–Kier alpha value is -3.23. The van der Waals surface area contributed by atoms with Crippen LogP contribution in [0, 0.1) is 0 Å². The van der Waals surface area contributed by atoms with Crippen molar-refractivity contribution in [3.05, 3.63) is 88.4 Å². The second kappa shape index (κ2) is 10.9. The number of hydrogen-bond acceptors (Lipinski definition) is 4. The van der Waals surface area contributed by atoms with Gasteiger partial charge >= 0.3 is 0 Å². The van der Waals surface area contributed by atoms with Gasteiger partial charge in [-0.25, -0.2) is 0 Å². The van der Waals surface area contributed by atoms with Crippen LogP contribution < -0.4 is 20.7 Å². The molecule has 0 aromatic heterocycles. The third kappa shape index (κ3) is 6.38. The monoisotopic (exact) mass is 511 g/mol. The van der Waals surface area contributed by atoms with Gasteiger partial charge in [-0.05, 0) is 84.5 Å². The maximum atomic E-state index is 12.7. The number of halogens is 1. The van der Waals surface area contributed by atoms with E-state index in [9.17, 15) is 9.59 Å². The quantitative estimate of drug-likeness (QED) is 0.374. The molecule has 0 unspecified atom stereocenters. The first-order valence-corrected chi connectivity index (χ1v) is 11.1. The highest BCUT2D eigenvalue weighted by atomic mass is 79.9. The Kier molecular flexibility index (Phi) is 7.97. The van der Waals surface area contributed by atoms with Gasteiger partial charge in [-0.15, -0.1) is 0 Å². The van der Waals surface area contributed by atoms with Gasteiger partial charge in [0, 0.05) is 11.3 Å². The van der Waals surface area contributed by atoms with Crippen molar-refractivity contribution in [3.63, 3.8) is 0 Å². The van der Waals surface area contributed by atoms with E-state index in [1.54, 1.807) is 54.6 Å². The zero-order valence-electron chi connectivity index (χ0n) is 17.5. The lowest BCUT2D eigenvalue weighted by molar-refractivity contribution is 0.0976. The molecule has 3 rings (SSSR count). The summed E-state index contributed by atoms with van der Waals surface area (Å²) in [6, 6.07) is 21.1. The highest BCUT2D eigenvalue weighted by Gasteiger charge is 2.15. The number of carbonyl (C=O) groups is 2. The fourth-order valence-electron chi connectivity index (χ4n) is 2.83. The van der Waals surface area contributed by atoms with E-state index in [-0.39, 0.29) is 23.0 Å². The van der Waals surface area contributed by atoms with Gasteiger partial charge < -0.3 is 15.4 Å². The number of carbonyl (C=O) groups excluding carboxylic acids is 2. The number of benzene rings is 3. The molecule has 6 nitrogen and oxygen atoms in total. The second-order valence-electron chi connectivity index (χ2n) is 7.09. The summed E-state index contributed by atoms with van der Waals surface area (Å²) in [6.07, 6.45) is 0.0157. The third-order valence-corrected chi connectivity index (χ3v) is 5.06. The summed E-state index contributed by atoms with van der Waals surface area (Å²) in [4.78, 5) is 25.3. The van der Waals surface area contributed by atoms with Crippen LogP contribution in [0.2, 0.25) is 0 Å². The summed E-state index contributed by atoms with van der Waals surface area (Å²) in [6.45, 7) is 3.85. The van der Waals surface area contributed by atoms with Gasteiger partial charge in [-0.1, -0.05) is 30.3 Å². The van der Waals surface area contributed by atoms with E-state index >= 15 is 0 Å². The zero-order chi connectivity index (χ0) is 23.1. The molecule has 164 valence electrons. The van der Waals surface area contributed by atoms with Crippen molar-refractivity contribution in [2.24, 2.45) is 0 Å². The van der Waals surface area contributed by atoms with Crippen LogP contribution in [-0.4, -0.2) is 23.0 Å². The molecular formula is C24H22BrN3O3S. The number of thiocarbonyl (C=S) groups is 1. The molecule has 0 bridgehead atoms. The molecule has 0 heterocycles. The van der Waals surface area contributed by atoms with E-state index in [1.165, 1.54) is 0 Å². The second-order valence-corrected chi connectivity index (χ2v) is 8.35. The van der Waals surface area contributed by atoms with Gasteiger partial charge in [0.15, 0.2) is 5.11 Å². The summed E-state index contributed by atoms with van der Waals surface area (Å²) in [5.74, 6) is -0.0285. The molecule has 0 saturated carbocycles. The van der Waals surface area contributed by atoms with Crippen LogP contribution in [0.25, 0.3) is 0 Å². The fraction of sp³-hybridized carbons (Fsp3) is 0.125. The Morgan fingerprint density at radius 3 is 2.28 bits per heavy atom. The smallest absolute Gasteiger partial charge is 0.257 e. The van der Waals surface area contributed by atoms with E-state index < -0.39 is 0 Å². The molecule has 32 heavy (non-hydrogen) atoms. The average molecular weight is 512 g/mol. The van der Waals surface area contributed by atoms with Crippen LogP contribution in [0.5, 0.6) is 5.75 Å². The van der Waals surface area contributed by atoms with Crippen LogP contribution in [0.15, 0.2) is 77.3 Å². The van der Waals surface area contributed by atoms with Gasteiger partial charge in [-0.2, -0.15) is 0 Å². The highest BCUT2D eigenvalue weighted by Crippen LogP contribution is 2.27. The minimum atomic E-state index is -0.384. The van der Waals surface area contributed by atoms with Gasteiger partial charge in [-0.3, -0.25) is 14.9 Å². The van der Waals surface area contributed by atoms with Crippen molar-refractivity contribution in [2.45, 2.75) is 20.0 Å². The van der Waals surface area contributed by atoms with Crippen molar-refractivity contribution in [2.75, 3.05) is 10.6 Å². The minimum absolute atomic E-state index is 0.0157. The number of amides is 2. The normalized spacial score (nSPS) is 10.4. The number of nitrogens with one attached hydrogen (secondary N) is 3. The van der Waals surface area contributed by atoms with Crippen molar-refractivity contribution in [1.29, 1.82) is 0 Å². The molecule has 0 aliphatic heterocycles. The lowest BCUT2D eigenvalue weighted by Gasteiger charge is -2.14. The number of ether oxygens (including phenoxy) is 1. The Morgan fingerprint density at radius 1 is 0.906 bits per heavy atom. The van der Waals surface area contributed by atoms with E-state index in [0.29, 0.717) is 32.7 Å². The first kappa shape index (κ1) is 23.4. The van der Waals surface area contributed by atoms with Crippen molar-refractivity contribution < 1.29 is 14.3 Å². The van der Waals surface area contributed by atoms with Crippen LogP contribution in [0.1, 0.15) is 34.6 Å². The Morgan fingerprint density at radius 2 is 1.59 bits per heavy atom. The third-order valence-electron chi connectivity index (χ3n) is 4.24. The van der Waals surface area contributed by atoms with E-state index in [1.807, 2.05) is 32.0 Å². The number of hydrogen-bond donors (Lipinski definition) is 3. The van der Waals surface area contributed by atoms with E-state index in [4.69, 9.17) is 17.0 Å². The molecule has 0 fully saturated rings. The first-order valence-electron chi connectivity index (χ1n) is 9.87. The van der Waals surface area contributed by atoms with Gasteiger partial charge in [0.25, 0.3) is 11.8 Å². The summed E-state index contributed by atoms with van der Waals surface area (Å²) in [5, 5.41) is 8.48. The standard InChI is InChI=1S/C24H22BrN3O3S/c1-15(2)31-21-13-12-16(14-19(21)25)22(29)28-24(32)27-20-11-7-6-10-18(20)23(30)26-17-8-4-3-5-9-17/h3-15H,1-2H3,(H,26,30)(H2,27,28,29,32). The molecule has 3 aromatic rings. The van der Waals surface area contributed by atoms with Crippen molar-refractivity contribution in [3.8, 4) is 5.75 Å². The van der Waals surface area contributed by atoms with Crippen molar-refractivity contribution >= 4 is 56.4 Å². The van der Waals surface area contributed by atoms with Crippen LogP contribution in [0.3, 0.4) is 0 Å². The molecule has 2 amide bonds. The largest absolute Gasteiger partial charge is 0.490 e.